The van der Waals surface area contributed by atoms with Crippen LogP contribution in [0.5, 0.6) is 0 Å². The Balaban J connectivity index is 2.10. The summed E-state index contributed by atoms with van der Waals surface area (Å²) in [6.07, 6.45) is 7.35. The summed E-state index contributed by atoms with van der Waals surface area (Å²) in [5, 5.41) is 3.60. The fourth-order valence-corrected chi connectivity index (χ4v) is 2.97. The lowest BCUT2D eigenvalue weighted by molar-refractivity contribution is 0.981. The highest BCUT2D eigenvalue weighted by Gasteiger charge is 2.07. The normalized spacial score (nSPS) is 13.9. The van der Waals surface area contributed by atoms with Gasteiger partial charge >= 0.3 is 0 Å². The van der Waals surface area contributed by atoms with E-state index >= 15 is 0 Å². The summed E-state index contributed by atoms with van der Waals surface area (Å²) in [6, 6.07) is 6.69. The molecule has 80 valence electrons. The minimum atomic E-state index is 0.721. The Labute approximate surface area is 98.9 Å². The number of hydrogen-bond donors (Lipinski definition) is 1. The Morgan fingerprint density at radius 3 is 2.81 bits per heavy atom. The van der Waals surface area contributed by atoms with E-state index in [1.807, 2.05) is 0 Å². The largest absolute Gasteiger partial charge is 0.330 e. The van der Waals surface area contributed by atoms with Crippen molar-refractivity contribution in [2.45, 2.75) is 6.42 Å². The first kappa shape index (κ1) is 9.82. The number of allylic oxidation sites excluding steroid dienone is 4. The van der Waals surface area contributed by atoms with Crippen molar-refractivity contribution in [2.24, 2.45) is 5.73 Å². The number of nitrogens with two attached hydrogens (primary N) is 1. The second-order valence-corrected chi connectivity index (χ2v) is 4.90. The first-order valence-electron chi connectivity index (χ1n) is 5.47. The van der Waals surface area contributed by atoms with Gasteiger partial charge in [-0.2, -0.15) is 0 Å². The van der Waals surface area contributed by atoms with E-state index < -0.39 is 0 Å². The van der Waals surface area contributed by atoms with Crippen LogP contribution < -0.4 is 5.73 Å². The number of fused-ring (bicyclic) bond motifs is 1. The second-order valence-electron chi connectivity index (χ2n) is 3.99. The van der Waals surface area contributed by atoms with Crippen molar-refractivity contribution >= 4 is 27.0 Å². The van der Waals surface area contributed by atoms with E-state index in [4.69, 9.17) is 5.73 Å². The van der Waals surface area contributed by atoms with Crippen LogP contribution in [0.25, 0.3) is 15.7 Å². The Morgan fingerprint density at radius 1 is 1.25 bits per heavy atom. The quantitative estimate of drug-likeness (QED) is 0.855. The van der Waals surface area contributed by atoms with E-state index in [2.05, 4.69) is 41.8 Å². The van der Waals surface area contributed by atoms with E-state index in [-0.39, 0.29) is 0 Å². The smallest absolute Gasteiger partial charge is 0.0346 e. The molecule has 0 radical (unpaired) electrons. The molecule has 0 fully saturated rings. The fourth-order valence-electron chi connectivity index (χ4n) is 2.00. The molecular weight excluding hydrogens is 214 g/mol. The standard InChI is InChI=1S/C14H13NS/c15-7-6-12-9-16-14-5-4-11(8-13(12)14)10-2-1-3-10/h1-5,8-9H,6-7,15H2. The van der Waals surface area contributed by atoms with E-state index in [1.54, 1.807) is 11.3 Å². The van der Waals surface area contributed by atoms with E-state index in [1.165, 1.54) is 26.8 Å². The summed E-state index contributed by atoms with van der Waals surface area (Å²) in [5.74, 6) is 0. The van der Waals surface area contributed by atoms with Gasteiger partial charge in [-0.1, -0.05) is 24.3 Å². The van der Waals surface area contributed by atoms with Crippen molar-refractivity contribution in [1.82, 2.24) is 0 Å². The average Bonchev–Trinajstić information content (AvgIpc) is 2.60. The van der Waals surface area contributed by atoms with Crippen LogP contribution >= 0.6 is 11.3 Å². The lowest BCUT2D eigenvalue weighted by Gasteiger charge is -2.08. The summed E-state index contributed by atoms with van der Waals surface area (Å²) in [5.41, 5.74) is 9.65. The molecule has 1 nitrogen and oxygen atoms in total. The maximum atomic E-state index is 5.63. The Morgan fingerprint density at radius 2 is 2.12 bits per heavy atom. The van der Waals surface area contributed by atoms with Crippen LogP contribution in [0.15, 0.2) is 41.8 Å². The van der Waals surface area contributed by atoms with Crippen molar-refractivity contribution in [3.8, 4) is 0 Å². The molecular formula is C14H13NS. The topological polar surface area (TPSA) is 26.0 Å². The SMILES string of the molecule is NCCc1csc2ccc(C3=CC=C3)cc12. The molecule has 0 atom stereocenters. The lowest BCUT2D eigenvalue weighted by Crippen LogP contribution is -2.01. The third-order valence-corrected chi connectivity index (χ3v) is 3.96. The third-order valence-electron chi connectivity index (χ3n) is 2.95. The maximum Gasteiger partial charge on any atom is 0.0346 e. The van der Waals surface area contributed by atoms with Crippen LogP contribution in [-0.2, 0) is 6.42 Å². The van der Waals surface area contributed by atoms with Crippen molar-refractivity contribution in [3.05, 3.63) is 52.9 Å². The molecule has 16 heavy (non-hydrogen) atoms. The van der Waals surface area contributed by atoms with Gasteiger partial charge in [-0.25, -0.2) is 0 Å². The molecule has 0 saturated heterocycles. The molecule has 0 amide bonds. The molecule has 2 aromatic rings. The van der Waals surface area contributed by atoms with Gasteiger partial charge in [0.25, 0.3) is 0 Å². The van der Waals surface area contributed by atoms with Crippen molar-refractivity contribution < 1.29 is 0 Å². The van der Waals surface area contributed by atoms with E-state index in [9.17, 15) is 0 Å². The molecule has 2 heteroatoms. The zero-order valence-electron chi connectivity index (χ0n) is 8.94. The van der Waals surface area contributed by atoms with Crippen LogP contribution in [0.3, 0.4) is 0 Å². The molecule has 2 N–H and O–H groups in total. The summed E-state index contributed by atoms with van der Waals surface area (Å²) < 4.78 is 1.36. The van der Waals surface area contributed by atoms with Gasteiger partial charge in [0.05, 0.1) is 0 Å². The minimum Gasteiger partial charge on any atom is -0.330 e. The monoisotopic (exact) mass is 227 g/mol. The fraction of sp³-hybridized carbons (Fsp3) is 0.143. The Bertz CT molecular complexity index is 590. The van der Waals surface area contributed by atoms with Gasteiger partial charge < -0.3 is 5.73 Å². The third kappa shape index (κ3) is 1.51. The molecule has 1 aromatic carbocycles. The molecule has 1 aliphatic rings. The number of hydrogen-bond acceptors (Lipinski definition) is 2. The number of thiophene rings is 1. The van der Waals surface area contributed by atoms with Gasteiger partial charge in [-0.3, -0.25) is 0 Å². The summed E-state index contributed by atoms with van der Waals surface area (Å²) >= 11 is 1.81. The van der Waals surface area contributed by atoms with Gasteiger partial charge in [0.1, 0.15) is 0 Å². The summed E-state index contributed by atoms with van der Waals surface area (Å²) in [6.45, 7) is 0.721. The predicted octanol–water partition coefficient (Wildman–Crippen LogP) is 3.36. The predicted molar refractivity (Wildman–Crippen MR) is 71.7 cm³/mol. The van der Waals surface area contributed by atoms with Gasteiger partial charge in [-0.15, -0.1) is 11.3 Å². The van der Waals surface area contributed by atoms with Crippen LogP contribution in [-0.4, -0.2) is 6.54 Å². The van der Waals surface area contributed by atoms with Crippen molar-refractivity contribution in [1.29, 1.82) is 0 Å². The zero-order valence-corrected chi connectivity index (χ0v) is 9.76. The highest BCUT2D eigenvalue weighted by molar-refractivity contribution is 7.17. The number of rotatable bonds is 3. The average molecular weight is 227 g/mol. The van der Waals surface area contributed by atoms with Gasteiger partial charge in [0.2, 0.25) is 0 Å². The lowest BCUT2D eigenvalue weighted by atomic mass is 9.97. The first-order chi connectivity index (χ1) is 7.88. The first-order valence-corrected chi connectivity index (χ1v) is 6.35. The molecule has 0 unspecified atom stereocenters. The zero-order chi connectivity index (χ0) is 11.0. The van der Waals surface area contributed by atoms with Crippen molar-refractivity contribution in [2.75, 3.05) is 6.54 Å². The summed E-state index contributed by atoms with van der Waals surface area (Å²) in [4.78, 5) is 0. The molecule has 1 heterocycles. The van der Waals surface area contributed by atoms with Gasteiger partial charge in [0, 0.05) is 4.70 Å². The molecule has 0 aliphatic heterocycles. The molecule has 1 aromatic heterocycles. The molecule has 3 rings (SSSR count). The van der Waals surface area contributed by atoms with Crippen molar-refractivity contribution in [3.63, 3.8) is 0 Å². The molecule has 1 aliphatic carbocycles. The maximum absolute atomic E-state index is 5.63. The van der Waals surface area contributed by atoms with Crippen LogP contribution in [0.4, 0.5) is 0 Å². The van der Waals surface area contributed by atoms with Gasteiger partial charge in [0.15, 0.2) is 0 Å². The second kappa shape index (κ2) is 3.89. The number of benzene rings is 1. The van der Waals surface area contributed by atoms with Gasteiger partial charge in [-0.05, 0) is 52.6 Å². The van der Waals surface area contributed by atoms with E-state index in [0.717, 1.165) is 13.0 Å². The Hall–Kier alpha value is -1.38. The minimum absolute atomic E-state index is 0.721. The Kier molecular flexibility index (Phi) is 2.39. The summed E-state index contributed by atoms with van der Waals surface area (Å²) in [7, 11) is 0. The van der Waals surface area contributed by atoms with Crippen LogP contribution in [0.2, 0.25) is 0 Å². The molecule has 0 bridgehead atoms. The molecule has 0 saturated carbocycles. The van der Waals surface area contributed by atoms with Crippen LogP contribution in [0, 0.1) is 0 Å². The molecule has 0 spiro atoms. The highest BCUT2D eigenvalue weighted by Crippen LogP contribution is 2.31. The highest BCUT2D eigenvalue weighted by atomic mass is 32.1. The van der Waals surface area contributed by atoms with Crippen LogP contribution in [0.1, 0.15) is 11.1 Å². The van der Waals surface area contributed by atoms with E-state index in [0.29, 0.717) is 0 Å².